The smallest absolute Gasteiger partial charge is 0.224 e. The third-order valence-electron chi connectivity index (χ3n) is 5.00. The summed E-state index contributed by atoms with van der Waals surface area (Å²) in [6.07, 6.45) is 2.23. The van der Waals surface area contributed by atoms with E-state index >= 15 is 0 Å². The fraction of sp³-hybridized carbons (Fsp3) is 0.611. The highest BCUT2D eigenvalue weighted by Crippen LogP contribution is 2.30. The zero-order valence-electron chi connectivity index (χ0n) is 13.9. The molecule has 0 spiro atoms. The van der Waals surface area contributed by atoms with E-state index < -0.39 is 0 Å². The summed E-state index contributed by atoms with van der Waals surface area (Å²) in [5, 5.41) is 3.12. The van der Waals surface area contributed by atoms with Gasteiger partial charge in [0, 0.05) is 49.9 Å². The van der Waals surface area contributed by atoms with Crippen LogP contribution in [0.4, 0.5) is 4.39 Å². The molecule has 24 heavy (non-hydrogen) atoms. The standard InChI is InChI=1S/C18H25FN2O2S/c19-16-3-1-15(2-4-16)13-17(22)20-14-18(5-9-23-10-6-18)21-7-11-24-12-8-21/h1-4H,5-14H2,(H,20,22). The van der Waals surface area contributed by atoms with Crippen LogP contribution in [0.25, 0.3) is 0 Å². The van der Waals surface area contributed by atoms with Crippen LogP contribution >= 0.6 is 11.8 Å². The normalized spacial score (nSPS) is 21.4. The quantitative estimate of drug-likeness (QED) is 0.881. The second-order valence-electron chi connectivity index (χ2n) is 6.52. The van der Waals surface area contributed by atoms with E-state index in [4.69, 9.17) is 4.74 Å². The molecule has 0 unspecified atom stereocenters. The number of carbonyl (C=O) groups is 1. The van der Waals surface area contributed by atoms with Gasteiger partial charge in [0.25, 0.3) is 0 Å². The molecule has 2 aliphatic heterocycles. The predicted molar refractivity (Wildman–Crippen MR) is 94.8 cm³/mol. The van der Waals surface area contributed by atoms with Gasteiger partial charge in [0.05, 0.1) is 6.42 Å². The lowest BCUT2D eigenvalue weighted by atomic mass is 9.87. The van der Waals surface area contributed by atoms with Gasteiger partial charge in [0.2, 0.25) is 5.91 Å². The highest BCUT2D eigenvalue weighted by atomic mass is 32.2. The molecule has 1 amide bonds. The first-order valence-corrected chi connectivity index (χ1v) is 9.75. The number of amides is 1. The van der Waals surface area contributed by atoms with Gasteiger partial charge in [-0.3, -0.25) is 9.69 Å². The lowest BCUT2D eigenvalue weighted by Crippen LogP contribution is -2.60. The molecule has 2 heterocycles. The minimum absolute atomic E-state index is 0.00106. The van der Waals surface area contributed by atoms with E-state index in [1.54, 1.807) is 12.1 Å². The van der Waals surface area contributed by atoms with Crippen LogP contribution in [0, 0.1) is 5.82 Å². The second kappa shape index (κ2) is 8.32. The molecular formula is C18H25FN2O2S. The highest BCUT2D eigenvalue weighted by molar-refractivity contribution is 7.99. The summed E-state index contributed by atoms with van der Waals surface area (Å²) < 4.78 is 18.5. The summed E-state index contributed by atoms with van der Waals surface area (Å²) in [5.74, 6) is 2.04. The molecule has 0 bridgehead atoms. The Bertz CT molecular complexity index is 540. The SMILES string of the molecule is O=C(Cc1ccc(F)cc1)NCC1(N2CCSCC2)CCOCC1. The van der Waals surface area contributed by atoms with Crippen molar-refractivity contribution < 1.29 is 13.9 Å². The number of ether oxygens (including phenoxy) is 1. The number of hydrogen-bond acceptors (Lipinski definition) is 4. The van der Waals surface area contributed by atoms with Gasteiger partial charge in [-0.25, -0.2) is 4.39 Å². The average molecular weight is 352 g/mol. The van der Waals surface area contributed by atoms with Crippen LogP contribution in [0.1, 0.15) is 18.4 Å². The van der Waals surface area contributed by atoms with E-state index in [1.807, 2.05) is 11.8 Å². The second-order valence-corrected chi connectivity index (χ2v) is 7.74. The minimum Gasteiger partial charge on any atom is -0.381 e. The Hall–Kier alpha value is -1.11. The summed E-state index contributed by atoms with van der Waals surface area (Å²) in [4.78, 5) is 14.9. The summed E-state index contributed by atoms with van der Waals surface area (Å²) in [5.41, 5.74) is 0.863. The Labute approximate surface area is 147 Å². The Morgan fingerprint density at radius 1 is 1.21 bits per heavy atom. The number of thioether (sulfide) groups is 1. The van der Waals surface area contributed by atoms with Crippen molar-refractivity contribution in [3.05, 3.63) is 35.6 Å². The van der Waals surface area contributed by atoms with Crippen LogP contribution < -0.4 is 5.32 Å². The number of hydrogen-bond donors (Lipinski definition) is 1. The van der Waals surface area contributed by atoms with Crippen molar-refractivity contribution in [3.8, 4) is 0 Å². The van der Waals surface area contributed by atoms with Crippen LogP contribution in [-0.2, 0) is 16.0 Å². The molecule has 0 saturated carbocycles. The Morgan fingerprint density at radius 2 is 1.88 bits per heavy atom. The van der Waals surface area contributed by atoms with E-state index in [9.17, 15) is 9.18 Å². The summed E-state index contributed by atoms with van der Waals surface area (Å²) in [7, 11) is 0. The van der Waals surface area contributed by atoms with Crippen LogP contribution in [0.3, 0.4) is 0 Å². The molecule has 0 radical (unpaired) electrons. The van der Waals surface area contributed by atoms with E-state index in [0.29, 0.717) is 13.0 Å². The zero-order valence-corrected chi connectivity index (χ0v) is 14.7. The molecule has 0 aromatic heterocycles. The predicted octanol–water partition coefficient (Wildman–Crippen LogP) is 2.08. The summed E-state index contributed by atoms with van der Waals surface area (Å²) in [6, 6.07) is 6.13. The maximum absolute atomic E-state index is 13.0. The fourth-order valence-corrected chi connectivity index (χ4v) is 4.41. The molecule has 4 nitrogen and oxygen atoms in total. The van der Waals surface area contributed by atoms with Gasteiger partial charge in [-0.05, 0) is 30.5 Å². The van der Waals surface area contributed by atoms with Gasteiger partial charge in [-0.2, -0.15) is 11.8 Å². The Balaban J connectivity index is 1.58. The van der Waals surface area contributed by atoms with Crippen LogP contribution in [0.5, 0.6) is 0 Å². The largest absolute Gasteiger partial charge is 0.381 e. The number of nitrogens with one attached hydrogen (secondary N) is 1. The zero-order chi connectivity index (χ0) is 16.8. The maximum atomic E-state index is 13.0. The molecule has 1 aromatic carbocycles. The minimum atomic E-state index is -0.275. The Kier molecular flexibility index (Phi) is 6.14. The fourth-order valence-electron chi connectivity index (χ4n) is 3.51. The third kappa shape index (κ3) is 4.49. The van der Waals surface area contributed by atoms with Crippen LogP contribution in [0.2, 0.25) is 0 Å². The highest BCUT2D eigenvalue weighted by Gasteiger charge is 2.39. The molecule has 0 aliphatic carbocycles. The van der Waals surface area contributed by atoms with Gasteiger partial charge in [-0.1, -0.05) is 12.1 Å². The molecule has 1 N–H and O–H groups in total. The van der Waals surface area contributed by atoms with Crippen molar-refractivity contribution >= 4 is 17.7 Å². The van der Waals surface area contributed by atoms with Crippen molar-refractivity contribution in [3.63, 3.8) is 0 Å². The van der Waals surface area contributed by atoms with E-state index in [0.717, 1.165) is 56.2 Å². The van der Waals surface area contributed by atoms with Crippen molar-refractivity contribution in [2.24, 2.45) is 0 Å². The number of nitrogens with zero attached hydrogens (tertiary/aromatic N) is 1. The molecule has 2 aliphatic rings. The molecule has 0 atom stereocenters. The van der Waals surface area contributed by atoms with Gasteiger partial charge in [-0.15, -0.1) is 0 Å². The van der Waals surface area contributed by atoms with E-state index in [1.165, 1.54) is 12.1 Å². The summed E-state index contributed by atoms with van der Waals surface area (Å²) >= 11 is 2.00. The third-order valence-corrected chi connectivity index (χ3v) is 5.94. The van der Waals surface area contributed by atoms with Crippen molar-refractivity contribution in [1.29, 1.82) is 0 Å². The molecule has 1 aromatic rings. The number of halogens is 1. The molecule has 2 saturated heterocycles. The lowest BCUT2D eigenvalue weighted by Gasteiger charge is -2.48. The maximum Gasteiger partial charge on any atom is 0.224 e. The lowest BCUT2D eigenvalue weighted by molar-refractivity contribution is -0.121. The molecule has 6 heteroatoms. The van der Waals surface area contributed by atoms with Crippen LogP contribution in [0.15, 0.2) is 24.3 Å². The number of rotatable bonds is 5. The molecule has 3 rings (SSSR count). The van der Waals surface area contributed by atoms with E-state index in [-0.39, 0.29) is 17.3 Å². The first-order chi connectivity index (χ1) is 11.7. The van der Waals surface area contributed by atoms with Crippen molar-refractivity contribution in [2.75, 3.05) is 44.4 Å². The van der Waals surface area contributed by atoms with Gasteiger partial charge in [0.1, 0.15) is 5.82 Å². The molecule has 132 valence electrons. The van der Waals surface area contributed by atoms with Crippen molar-refractivity contribution in [1.82, 2.24) is 10.2 Å². The number of benzene rings is 1. The first-order valence-electron chi connectivity index (χ1n) is 8.60. The van der Waals surface area contributed by atoms with E-state index in [2.05, 4.69) is 10.2 Å². The van der Waals surface area contributed by atoms with Gasteiger partial charge >= 0.3 is 0 Å². The topological polar surface area (TPSA) is 41.6 Å². The molecule has 2 fully saturated rings. The average Bonchev–Trinajstić information content (AvgIpc) is 2.63. The first kappa shape index (κ1) is 17.7. The van der Waals surface area contributed by atoms with Gasteiger partial charge < -0.3 is 10.1 Å². The monoisotopic (exact) mass is 352 g/mol. The Morgan fingerprint density at radius 3 is 2.54 bits per heavy atom. The molecular weight excluding hydrogens is 327 g/mol. The summed E-state index contributed by atoms with van der Waals surface area (Å²) in [6.45, 7) is 4.35. The van der Waals surface area contributed by atoms with Gasteiger partial charge in [0.15, 0.2) is 0 Å². The van der Waals surface area contributed by atoms with Crippen molar-refractivity contribution in [2.45, 2.75) is 24.8 Å². The van der Waals surface area contributed by atoms with Crippen LogP contribution in [-0.4, -0.2) is 60.7 Å². The number of carbonyl (C=O) groups excluding carboxylic acids is 1.